The Morgan fingerprint density at radius 3 is 2.62 bits per heavy atom. The van der Waals surface area contributed by atoms with E-state index in [0.717, 1.165) is 18.1 Å². The molecule has 1 aromatic rings. The van der Waals surface area contributed by atoms with Gasteiger partial charge in [0.1, 0.15) is 0 Å². The molecule has 0 bridgehead atoms. The molecule has 26 heavy (non-hydrogen) atoms. The number of unbranched alkanes of at least 4 members (excludes halogenated alkanes) is 1. The monoisotopic (exact) mass is 434 g/mol. The molecular formula is C18H24Cl2N2O2S2. The number of hydrogen-bond donors (Lipinski definition) is 1. The van der Waals surface area contributed by atoms with Crippen LogP contribution in [0.2, 0.25) is 10.0 Å². The molecule has 1 fully saturated rings. The molecule has 1 N–H and O–H groups in total. The van der Waals surface area contributed by atoms with E-state index < -0.39 is 0 Å². The van der Waals surface area contributed by atoms with Crippen LogP contribution in [0.5, 0.6) is 0 Å². The lowest BCUT2D eigenvalue weighted by molar-refractivity contribution is -0.134. The summed E-state index contributed by atoms with van der Waals surface area (Å²) in [4.78, 5) is 26.2. The SMILES string of the molecule is CCN(CC(=O)Nc1c(Cl)cccc1Cl)C(=O)CCCCC1CCSS1. The van der Waals surface area contributed by atoms with E-state index in [1.54, 1.807) is 23.1 Å². The van der Waals surface area contributed by atoms with Crippen molar-refractivity contribution in [3.63, 3.8) is 0 Å². The zero-order valence-electron chi connectivity index (χ0n) is 14.8. The van der Waals surface area contributed by atoms with Gasteiger partial charge in [-0.05, 0) is 38.3 Å². The number of nitrogens with one attached hydrogen (secondary N) is 1. The van der Waals surface area contributed by atoms with E-state index >= 15 is 0 Å². The molecule has 144 valence electrons. The molecule has 1 aliphatic heterocycles. The molecule has 1 saturated heterocycles. The minimum Gasteiger partial charge on any atom is -0.334 e. The van der Waals surface area contributed by atoms with E-state index in [0.29, 0.717) is 28.7 Å². The summed E-state index contributed by atoms with van der Waals surface area (Å²) in [5.41, 5.74) is 0.385. The van der Waals surface area contributed by atoms with Gasteiger partial charge in [0.15, 0.2) is 0 Å². The Hall–Kier alpha value is -0.560. The molecular weight excluding hydrogens is 411 g/mol. The number of nitrogens with zero attached hydrogens (tertiary/aromatic N) is 1. The first-order valence-electron chi connectivity index (χ1n) is 8.81. The molecule has 4 nitrogen and oxygen atoms in total. The highest BCUT2D eigenvalue weighted by atomic mass is 35.5. The fraction of sp³-hybridized carbons (Fsp3) is 0.556. The Morgan fingerprint density at radius 2 is 2.00 bits per heavy atom. The minimum absolute atomic E-state index is 0.00595. The Balaban J connectivity index is 1.75. The largest absolute Gasteiger partial charge is 0.334 e. The van der Waals surface area contributed by atoms with Gasteiger partial charge in [-0.3, -0.25) is 9.59 Å². The average molecular weight is 435 g/mol. The molecule has 1 heterocycles. The summed E-state index contributed by atoms with van der Waals surface area (Å²) in [6.07, 6.45) is 4.86. The lowest BCUT2D eigenvalue weighted by Crippen LogP contribution is -2.37. The maximum Gasteiger partial charge on any atom is 0.244 e. The number of rotatable bonds is 9. The van der Waals surface area contributed by atoms with Gasteiger partial charge in [0, 0.05) is 24.0 Å². The topological polar surface area (TPSA) is 49.4 Å². The number of carbonyl (C=O) groups excluding carboxylic acids is 2. The molecule has 1 aliphatic rings. The molecule has 0 spiro atoms. The highest BCUT2D eigenvalue weighted by Gasteiger charge is 2.18. The van der Waals surface area contributed by atoms with Crippen LogP contribution in [-0.4, -0.2) is 40.8 Å². The van der Waals surface area contributed by atoms with Crippen molar-refractivity contribution in [2.75, 3.05) is 24.2 Å². The number of likely N-dealkylation sites (N-methyl/N-ethyl adjacent to an activating group) is 1. The molecule has 2 amide bonds. The van der Waals surface area contributed by atoms with Gasteiger partial charge in [-0.1, -0.05) is 57.3 Å². The van der Waals surface area contributed by atoms with Crippen molar-refractivity contribution in [2.45, 2.75) is 44.3 Å². The summed E-state index contributed by atoms with van der Waals surface area (Å²) >= 11 is 12.1. The Labute approximate surface area is 173 Å². The summed E-state index contributed by atoms with van der Waals surface area (Å²) < 4.78 is 0. The van der Waals surface area contributed by atoms with Crippen molar-refractivity contribution in [1.29, 1.82) is 0 Å². The van der Waals surface area contributed by atoms with E-state index in [2.05, 4.69) is 5.32 Å². The maximum absolute atomic E-state index is 12.4. The van der Waals surface area contributed by atoms with E-state index in [1.807, 2.05) is 28.5 Å². The molecule has 1 atom stereocenters. The third kappa shape index (κ3) is 6.87. The van der Waals surface area contributed by atoms with Crippen LogP contribution in [0.4, 0.5) is 5.69 Å². The third-order valence-corrected chi connectivity index (χ3v) is 7.83. The fourth-order valence-electron chi connectivity index (χ4n) is 2.72. The van der Waals surface area contributed by atoms with E-state index in [-0.39, 0.29) is 18.4 Å². The first-order valence-corrected chi connectivity index (χ1v) is 11.9. The van der Waals surface area contributed by atoms with Crippen molar-refractivity contribution in [1.82, 2.24) is 4.90 Å². The molecule has 8 heteroatoms. The minimum atomic E-state index is -0.297. The highest BCUT2D eigenvalue weighted by molar-refractivity contribution is 8.77. The van der Waals surface area contributed by atoms with Crippen LogP contribution < -0.4 is 5.32 Å². The summed E-state index contributed by atoms with van der Waals surface area (Å²) in [5.74, 6) is 0.957. The highest BCUT2D eigenvalue weighted by Crippen LogP contribution is 2.39. The molecule has 0 radical (unpaired) electrons. The molecule has 0 saturated carbocycles. The lowest BCUT2D eigenvalue weighted by atomic mass is 10.1. The van der Waals surface area contributed by atoms with Crippen molar-refractivity contribution in [2.24, 2.45) is 0 Å². The second kappa shape index (κ2) is 11.3. The second-order valence-electron chi connectivity index (χ2n) is 6.13. The van der Waals surface area contributed by atoms with Crippen LogP contribution in [0.1, 0.15) is 39.0 Å². The molecule has 0 aliphatic carbocycles. The molecule has 1 aromatic carbocycles. The lowest BCUT2D eigenvalue weighted by Gasteiger charge is -2.21. The van der Waals surface area contributed by atoms with Gasteiger partial charge in [0.05, 0.1) is 22.3 Å². The normalized spacial score (nSPS) is 16.5. The van der Waals surface area contributed by atoms with Crippen molar-refractivity contribution < 1.29 is 9.59 Å². The number of carbonyl (C=O) groups is 2. The van der Waals surface area contributed by atoms with Crippen LogP contribution in [0, 0.1) is 0 Å². The molecule has 2 rings (SSSR count). The predicted octanol–water partition coefficient (Wildman–Crippen LogP) is 5.49. The summed E-state index contributed by atoms with van der Waals surface area (Å²) in [5, 5.41) is 4.20. The Kier molecular flexibility index (Phi) is 9.46. The third-order valence-electron chi connectivity index (χ3n) is 4.19. The van der Waals surface area contributed by atoms with Gasteiger partial charge in [0.25, 0.3) is 0 Å². The first kappa shape index (κ1) is 21.7. The molecule has 1 unspecified atom stereocenters. The standard InChI is InChI=1S/C18H24Cl2N2O2S2/c1-2-22(17(24)9-4-3-6-13-10-11-25-26-13)12-16(23)21-18-14(19)7-5-8-15(18)20/h5,7-8,13H,2-4,6,9-12H2,1H3,(H,21,23). The van der Waals surface area contributed by atoms with Crippen molar-refractivity contribution in [3.8, 4) is 0 Å². The number of halogens is 2. The van der Waals surface area contributed by atoms with Crippen LogP contribution in [0.3, 0.4) is 0 Å². The van der Waals surface area contributed by atoms with E-state index in [9.17, 15) is 9.59 Å². The predicted molar refractivity (Wildman–Crippen MR) is 114 cm³/mol. The van der Waals surface area contributed by atoms with Gasteiger partial charge in [-0.15, -0.1) is 0 Å². The Morgan fingerprint density at radius 1 is 1.27 bits per heavy atom. The van der Waals surface area contributed by atoms with Crippen molar-refractivity contribution in [3.05, 3.63) is 28.2 Å². The number of benzene rings is 1. The van der Waals surface area contributed by atoms with E-state index in [1.165, 1.54) is 18.6 Å². The van der Waals surface area contributed by atoms with Crippen molar-refractivity contribution >= 4 is 62.3 Å². The van der Waals surface area contributed by atoms with Gasteiger partial charge < -0.3 is 10.2 Å². The van der Waals surface area contributed by atoms with Gasteiger partial charge >= 0.3 is 0 Å². The van der Waals surface area contributed by atoms with Crippen LogP contribution in [0.15, 0.2) is 18.2 Å². The first-order chi connectivity index (χ1) is 12.5. The number of anilines is 1. The Bertz CT molecular complexity index is 605. The summed E-state index contributed by atoms with van der Waals surface area (Å²) in [7, 11) is 3.91. The smallest absolute Gasteiger partial charge is 0.244 e. The van der Waals surface area contributed by atoms with E-state index in [4.69, 9.17) is 23.2 Å². The van der Waals surface area contributed by atoms with Crippen LogP contribution in [-0.2, 0) is 9.59 Å². The van der Waals surface area contributed by atoms with Crippen LogP contribution in [0.25, 0.3) is 0 Å². The second-order valence-corrected chi connectivity index (χ2v) is 9.73. The zero-order valence-corrected chi connectivity index (χ0v) is 17.9. The summed E-state index contributed by atoms with van der Waals surface area (Å²) in [6, 6.07) is 5.03. The number of hydrogen-bond acceptors (Lipinski definition) is 4. The molecule has 0 aromatic heterocycles. The van der Waals surface area contributed by atoms with Gasteiger partial charge in [-0.2, -0.15) is 0 Å². The quantitative estimate of drug-likeness (QED) is 0.411. The van der Waals surface area contributed by atoms with Crippen LogP contribution >= 0.6 is 44.8 Å². The van der Waals surface area contributed by atoms with Gasteiger partial charge in [-0.25, -0.2) is 0 Å². The number of amides is 2. The fourth-order valence-corrected chi connectivity index (χ4v) is 6.24. The summed E-state index contributed by atoms with van der Waals surface area (Å²) in [6.45, 7) is 2.38. The maximum atomic E-state index is 12.4. The van der Waals surface area contributed by atoms with Gasteiger partial charge in [0.2, 0.25) is 11.8 Å². The number of para-hydroxylation sites is 1. The zero-order chi connectivity index (χ0) is 18.9. The average Bonchev–Trinajstić information content (AvgIpc) is 3.13.